The molecular formula is C6H12O3. The molecular weight excluding hydrogens is 120 g/mol. The number of rotatable bonds is 4. The van der Waals surface area contributed by atoms with E-state index in [9.17, 15) is 0 Å². The first-order valence-electron chi connectivity index (χ1n) is 2.60. The Labute approximate surface area is 55.1 Å². The van der Waals surface area contributed by atoms with Gasteiger partial charge in [0.25, 0.3) is 0 Å². The maximum Gasteiger partial charge on any atom is 0.212 e. The first kappa shape index (κ1) is 8.62. The second-order valence-corrected chi connectivity index (χ2v) is 1.68. The summed E-state index contributed by atoms with van der Waals surface area (Å²) in [5.41, 5.74) is 0.777. The maximum atomic E-state index is 4.81. The third-order valence-corrected chi connectivity index (χ3v) is 0.800. The molecule has 0 aromatic carbocycles. The molecule has 0 amide bonds. The lowest BCUT2D eigenvalue weighted by atomic mass is 10.3. The molecule has 0 aromatic rings. The second kappa shape index (κ2) is 4.49. The molecule has 0 spiro atoms. The standard InChI is InChI=1S/C6H12O3/c1-5(2)6(7-3)9-8-4/h6H,1H2,2-4H3. The molecule has 0 bridgehead atoms. The number of methoxy groups -OCH3 is 1. The van der Waals surface area contributed by atoms with Crippen molar-refractivity contribution in [2.24, 2.45) is 0 Å². The van der Waals surface area contributed by atoms with Crippen molar-refractivity contribution in [2.75, 3.05) is 14.2 Å². The summed E-state index contributed by atoms with van der Waals surface area (Å²) >= 11 is 0. The minimum absolute atomic E-state index is 0.449. The van der Waals surface area contributed by atoms with Gasteiger partial charge in [0.1, 0.15) is 0 Å². The number of hydrogen-bond acceptors (Lipinski definition) is 3. The van der Waals surface area contributed by atoms with E-state index in [-0.39, 0.29) is 0 Å². The first-order chi connectivity index (χ1) is 4.22. The Morgan fingerprint density at radius 1 is 1.44 bits per heavy atom. The van der Waals surface area contributed by atoms with Crippen molar-refractivity contribution in [1.29, 1.82) is 0 Å². The first-order valence-corrected chi connectivity index (χ1v) is 2.60. The van der Waals surface area contributed by atoms with E-state index in [0.717, 1.165) is 5.57 Å². The Hall–Kier alpha value is -0.380. The van der Waals surface area contributed by atoms with E-state index in [1.54, 1.807) is 6.92 Å². The molecule has 0 aliphatic carbocycles. The highest BCUT2D eigenvalue weighted by atomic mass is 17.2. The van der Waals surface area contributed by atoms with E-state index in [1.165, 1.54) is 14.2 Å². The highest BCUT2D eigenvalue weighted by Crippen LogP contribution is 2.02. The molecule has 0 rings (SSSR count). The van der Waals surface area contributed by atoms with Gasteiger partial charge in [-0.1, -0.05) is 6.58 Å². The van der Waals surface area contributed by atoms with Crippen LogP contribution in [0.1, 0.15) is 6.92 Å². The van der Waals surface area contributed by atoms with Crippen LogP contribution in [0.5, 0.6) is 0 Å². The third-order valence-electron chi connectivity index (χ3n) is 0.800. The number of hydrogen-bond donors (Lipinski definition) is 0. The van der Waals surface area contributed by atoms with Crippen LogP contribution in [-0.2, 0) is 14.5 Å². The summed E-state index contributed by atoms with van der Waals surface area (Å²) in [5, 5.41) is 0. The maximum absolute atomic E-state index is 4.81. The summed E-state index contributed by atoms with van der Waals surface area (Å²) in [4.78, 5) is 9.00. The van der Waals surface area contributed by atoms with Crippen LogP contribution >= 0.6 is 0 Å². The molecule has 0 saturated heterocycles. The van der Waals surface area contributed by atoms with Crippen LogP contribution in [-0.4, -0.2) is 20.5 Å². The molecule has 1 unspecified atom stereocenters. The average Bonchev–Trinajstić information content (AvgIpc) is 1.82. The monoisotopic (exact) mass is 132 g/mol. The zero-order valence-electron chi connectivity index (χ0n) is 6.01. The smallest absolute Gasteiger partial charge is 0.212 e. The lowest BCUT2D eigenvalue weighted by molar-refractivity contribution is -0.347. The molecule has 0 fully saturated rings. The summed E-state index contributed by atoms with van der Waals surface area (Å²) in [6, 6.07) is 0. The predicted octanol–water partition coefficient (Wildman–Crippen LogP) is 1.11. The van der Waals surface area contributed by atoms with Gasteiger partial charge in [0.15, 0.2) is 0 Å². The molecule has 0 aliphatic rings. The normalized spacial score (nSPS) is 13.2. The molecule has 9 heavy (non-hydrogen) atoms. The van der Waals surface area contributed by atoms with Crippen LogP contribution in [0.4, 0.5) is 0 Å². The van der Waals surface area contributed by atoms with Crippen molar-refractivity contribution >= 4 is 0 Å². The molecule has 3 heteroatoms. The Balaban J connectivity index is 3.54. The largest absolute Gasteiger partial charge is 0.350 e. The van der Waals surface area contributed by atoms with E-state index in [4.69, 9.17) is 4.74 Å². The summed E-state index contributed by atoms with van der Waals surface area (Å²) < 4.78 is 4.81. The van der Waals surface area contributed by atoms with Crippen LogP contribution in [0, 0.1) is 0 Å². The van der Waals surface area contributed by atoms with Gasteiger partial charge in [-0.15, -0.1) is 0 Å². The molecule has 0 N–H and O–H groups in total. The van der Waals surface area contributed by atoms with Crippen molar-refractivity contribution in [3.63, 3.8) is 0 Å². The van der Waals surface area contributed by atoms with Crippen LogP contribution < -0.4 is 0 Å². The van der Waals surface area contributed by atoms with Crippen molar-refractivity contribution in [3.05, 3.63) is 12.2 Å². The van der Waals surface area contributed by atoms with Gasteiger partial charge >= 0.3 is 0 Å². The predicted molar refractivity (Wildman–Crippen MR) is 33.7 cm³/mol. The molecule has 0 radical (unpaired) electrons. The highest BCUT2D eigenvalue weighted by Gasteiger charge is 2.06. The van der Waals surface area contributed by atoms with Gasteiger partial charge in [0.2, 0.25) is 6.29 Å². The lowest BCUT2D eigenvalue weighted by Gasteiger charge is -2.11. The fraction of sp³-hybridized carbons (Fsp3) is 0.667. The Kier molecular flexibility index (Phi) is 4.30. The molecule has 0 heterocycles. The van der Waals surface area contributed by atoms with Gasteiger partial charge in [-0.3, -0.25) is 0 Å². The van der Waals surface area contributed by atoms with Crippen molar-refractivity contribution in [2.45, 2.75) is 13.2 Å². The van der Waals surface area contributed by atoms with Crippen LogP contribution in [0.15, 0.2) is 12.2 Å². The second-order valence-electron chi connectivity index (χ2n) is 1.68. The zero-order valence-corrected chi connectivity index (χ0v) is 6.01. The number of ether oxygens (including phenoxy) is 1. The highest BCUT2D eigenvalue weighted by molar-refractivity contribution is 4.91. The Bertz CT molecular complexity index is 90.3. The van der Waals surface area contributed by atoms with E-state index >= 15 is 0 Å². The molecule has 0 aliphatic heterocycles. The fourth-order valence-electron chi connectivity index (χ4n) is 0.410. The van der Waals surface area contributed by atoms with Crippen LogP contribution in [0.25, 0.3) is 0 Å². The quantitative estimate of drug-likeness (QED) is 0.248. The average molecular weight is 132 g/mol. The van der Waals surface area contributed by atoms with Gasteiger partial charge < -0.3 is 4.74 Å². The summed E-state index contributed by atoms with van der Waals surface area (Å²) in [6.07, 6.45) is -0.449. The van der Waals surface area contributed by atoms with Crippen LogP contribution in [0.3, 0.4) is 0 Å². The SMILES string of the molecule is C=C(C)C(OC)OOC. The van der Waals surface area contributed by atoms with Gasteiger partial charge in [-0.2, -0.15) is 4.89 Å². The minimum Gasteiger partial charge on any atom is -0.350 e. The van der Waals surface area contributed by atoms with E-state index < -0.39 is 6.29 Å². The van der Waals surface area contributed by atoms with E-state index in [1.807, 2.05) is 0 Å². The van der Waals surface area contributed by atoms with Gasteiger partial charge in [-0.05, 0) is 12.5 Å². The van der Waals surface area contributed by atoms with Crippen molar-refractivity contribution in [1.82, 2.24) is 0 Å². The fourth-order valence-corrected chi connectivity index (χ4v) is 0.410. The van der Waals surface area contributed by atoms with E-state index in [2.05, 4.69) is 16.4 Å². The zero-order chi connectivity index (χ0) is 7.28. The topological polar surface area (TPSA) is 27.7 Å². The third kappa shape index (κ3) is 3.24. The summed E-state index contributed by atoms with van der Waals surface area (Å²) in [7, 11) is 2.95. The molecule has 1 atom stereocenters. The van der Waals surface area contributed by atoms with Gasteiger partial charge in [0, 0.05) is 7.11 Å². The molecule has 0 aromatic heterocycles. The lowest BCUT2D eigenvalue weighted by Crippen LogP contribution is -2.15. The molecule has 0 saturated carbocycles. The van der Waals surface area contributed by atoms with Gasteiger partial charge in [-0.25, -0.2) is 4.89 Å². The molecule has 3 nitrogen and oxygen atoms in total. The van der Waals surface area contributed by atoms with Crippen LogP contribution in [0.2, 0.25) is 0 Å². The van der Waals surface area contributed by atoms with Gasteiger partial charge in [0.05, 0.1) is 7.11 Å². The van der Waals surface area contributed by atoms with Crippen molar-refractivity contribution in [3.8, 4) is 0 Å². The summed E-state index contributed by atoms with van der Waals surface area (Å²) in [6.45, 7) is 5.41. The summed E-state index contributed by atoms with van der Waals surface area (Å²) in [5.74, 6) is 0. The van der Waals surface area contributed by atoms with Crippen molar-refractivity contribution < 1.29 is 14.5 Å². The Morgan fingerprint density at radius 3 is 2.11 bits per heavy atom. The Morgan fingerprint density at radius 2 is 2.00 bits per heavy atom. The molecule has 54 valence electrons. The minimum atomic E-state index is -0.449. The van der Waals surface area contributed by atoms with E-state index in [0.29, 0.717) is 0 Å².